The second-order valence-electron chi connectivity index (χ2n) is 7.31. The quantitative estimate of drug-likeness (QED) is 0.591. The van der Waals surface area contributed by atoms with Gasteiger partial charge in [0.05, 0.1) is 34.5 Å². The fourth-order valence-corrected chi connectivity index (χ4v) is 3.92. The zero-order valence-corrected chi connectivity index (χ0v) is 15.7. The maximum Gasteiger partial charge on any atom is 0.257 e. The van der Waals surface area contributed by atoms with E-state index in [9.17, 15) is 4.79 Å². The molecule has 2 aromatic carbocycles. The van der Waals surface area contributed by atoms with E-state index < -0.39 is 0 Å². The van der Waals surface area contributed by atoms with E-state index >= 15 is 0 Å². The molecule has 0 aliphatic carbocycles. The average Bonchev–Trinajstić information content (AvgIpc) is 3.46. The summed E-state index contributed by atoms with van der Waals surface area (Å²) >= 11 is 0. The molecule has 1 fully saturated rings. The summed E-state index contributed by atoms with van der Waals surface area (Å²) in [5, 5.41) is 4.37. The summed E-state index contributed by atoms with van der Waals surface area (Å²) in [5.41, 5.74) is 4.69. The lowest BCUT2D eigenvalue weighted by Gasteiger charge is -2.22. The van der Waals surface area contributed by atoms with Crippen LogP contribution in [0.5, 0.6) is 0 Å². The molecule has 6 heteroatoms. The number of carbonyl (C=O) groups is 1. The zero-order chi connectivity index (χ0) is 19.1. The lowest BCUT2D eigenvalue weighted by Crippen LogP contribution is -2.30. The average molecular weight is 371 g/mol. The van der Waals surface area contributed by atoms with Crippen LogP contribution in [0.15, 0.2) is 60.9 Å². The van der Waals surface area contributed by atoms with Crippen LogP contribution in [-0.4, -0.2) is 37.1 Å². The monoisotopic (exact) mass is 371 g/mol. The van der Waals surface area contributed by atoms with E-state index in [2.05, 4.69) is 29.1 Å². The number of imidazole rings is 1. The Labute approximate surface area is 162 Å². The first kappa shape index (κ1) is 16.7. The van der Waals surface area contributed by atoms with Gasteiger partial charge < -0.3 is 9.88 Å². The van der Waals surface area contributed by atoms with Gasteiger partial charge in [-0.25, -0.2) is 9.67 Å². The number of nitrogens with one attached hydrogen (secondary N) is 1. The van der Waals surface area contributed by atoms with E-state index in [0.29, 0.717) is 5.56 Å². The summed E-state index contributed by atoms with van der Waals surface area (Å²) in [6.45, 7) is 2.80. The van der Waals surface area contributed by atoms with Gasteiger partial charge in [0, 0.05) is 12.7 Å². The second-order valence-corrected chi connectivity index (χ2v) is 7.31. The number of para-hydroxylation sites is 1. The predicted octanol–water partition coefficient (Wildman–Crippen LogP) is 4.03. The minimum atomic E-state index is -0.0275. The van der Waals surface area contributed by atoms with Gasteiger partial charge in [-0.3, -0.25) is 4.79 Å². The Balaban J connectivity index is 1.43. The number of H-pyrrole nitrogens is 1. The molecule has 4 aromatic rings. The number of rotatable bonds is 3. The van der Waals surface area contributed by atoms with Gasteiger partial charge in [-0.05, 0) is 49.6 Å². The van der Waals surface area contributed by atoms with Crippen LogP contribution in [0, 0.1) is 6.92 Å². The summed E-state index contributed by atoms with van der Waals surface area (Å²) in [6.07, 6.45) is 5.33. The first-order valence-corrected chi connectivity index (χ1v) is 9.56. The van der Waals surface area contributed by atoms with E-state index in [1.807, 2.05) is 41.3 Å². The van der Waals surface area contributed by atoms with Gasteiger partial charge in [0.15, 0.2) is 0 Å². The molecule has 3 heterocycles. The Bertz CT molecular complexity index is 1140. The zero-order valence-electron chi connectivity index (χ0n) is 15.7. The van der Waals surface area contributed by atoms with Crippen LogP contribution in [-0.2, 0) is 0 Å². The number of nitrogens with zero attached hydrogens (tertiary/aromatic N) is 4. The van der Waals surface area contributed by atoms with Gasteiger partial charge in [0.2, 0.25) is 0 Å². The Morgan fingerprint density at radius 1 is 1.18 bits per heavy atom. The highest BCUT2D eigenvalue weighted by Crippen LogP contribution is 2.32. The summed E-state index contributed by atoms with van der Waals surface area (Å²) in [6, 6.07) is 16.0. The second kappa shape index (κ2) is 6.64. The van der Waals surface area contributed by atoms with Crippen LogP contribution >= 0.6 is 0 Å². The highest BCUT2D eigenvalue weighted by molar-refractivity contribution is 5.94. The van der Waals surface area contributed by atoms with Crippen molar-refractivity contribution in [2.45, 2.75) is 25.8 Å². The predicted molar refractivity (Wildman–Crippen MR) is 107 cm³/mol. The number of likely N-dealkylation sites (tertiary alicyclic amines) is 1. The van der Waals surface area contributed by atoms with E-state index in [1.165, 1.54) is 5.56 Å². The molecule has 140 valence electrons. The molecule has 2 aromatic heterocycles. The third kappa shape index (κ3) is 2.87. The molecular formula is C22H21N5O. The SMILES string of the molecule is Cc1ccc2nc([C@@H]3CCCN3C(=O)c3cnn(-c4ccccc4)c3)[nH]c2c1. The normalized spacial score (nSPS) is 16.8. The number of aryl methyl sites for hydroxylation is 1. The topological polar surface area (TPSA) is 66.8 Å². The van der Waals surface area contributed by atoms with Crippen molar-refractivity contribution >= 4 is 16.9 Å². The van der Waals surface area contributed by atoms with Gasteiger partial charge in [-0.1, -0.05) is 24.3 Å². The van der Waals surface area contributed by atoms with Crippen molar-refractivity contribution in [1.29, 1.82) is 0 Å². The van der Waals surface area contributed by atoms with E-state index in [-0.39, 0.29) is 11.9 Å². The number of aromatic nitrogens is 4. The van der Waals surface area contributed by atoms with Crippen molar-refractivity contribution in [3.63, 3.8) is 0 Å². The molecule has 0 spiro atoms. The number of carbonyl (C=O) groups excluding carboxylic acids is 1. The van der Waals surface area contributed by atoms with Crippen LogP contribution in [0.4, 0.5) is 0 Å². The Hall–Kier alpha value is -3.41. The van der Waals surface area contributed by atoms with Crippen molar-refractivity contribution in [3.8, 4) is 5.69 Å². The third-order valence-corrected chi connectivity index (χ3v) is 5.34. The minimum absolute atomic E-state index is 0.00122. The molecular weight excluding hydrogens is 350 g/mol. The standard InChI is InChI=1S/C22H21N5O/c1-15-9-10-18-19(12-15)25-21(24-18)20-8-5-11-26(20)22(28)16-13-23-27(14-16)17-6-3-2-4-7-17/h2-4,6-7,9-10,12-14,20H,5,8,11H2,1H3,(H,24,25)/t20-/m0/s1. The highest BCUT2D eigenvalue weighted by atomic mass is 16.2. The summed E-state index contributed by atoms with van der Waals surface area (Å²) in [4.78, 5) is 23.3. The molecule has 5 rings (SSSR count). The van der Waals surface area contributed by atoms with Crippen LogP contribution in [0.1, 0.15) is 40.6 Å². The van der Waals surface area contributed by atoms with Crippen molar-refractivity contribution in [2.75, 3.05) is 6.54 Å². The van der Waals surface area contributed by atoms with Crippen LogP contribution < -0.4 is 0 Å². The molecule has 1 aliphatic rings. The molecule has 0 bridgehead atoms. The molecule has 0 radical (unpaired) electrons. The number of aromatic amines is 1. The minimum Gasteiger partial charge on any atom is -0.340 e. The maximum absolute atomic E-state index is 13.2. The van der Waals surface area contributed by atoms with Gasteiger partial charge in [-0.15, -0.1) is 0 Å². The van der Waals surface area contributed by atoms with Crippen LogP contribution in [0.25, 0.3) is 16.7 Å². The first-order valence-electron chi connectivity index (χ1n) is 9.56. The van der Waals surface area contributed by atoms with Gasteiger partial charge >= 0.3 is 0 Å². The fourth-order valence-electron chi connectivity index (χ4n) is 3.92. The Kier molecular flexibility index (Phi) is 3.97. The van der Waals surface area contributed by atoms with Crippen molar-refractivity contribution in [3.05, 3.63) is 77.9 Å². The molecule has 6 nitrogen and oxygen atoms in total. The molecule has 0 saturated carbocycles. The van der Waals surface area contributed by atoms with Gasteiger partial charge in [0.1, 0.15) is 5.82 Å². The van der Waals surface area contributed by atoms with Gasteiger partial charge in [-0.2, -0.15) is 5.10 Å². The summed E-state index contributed by atoms with van der Waals surface area (Å²) in [7, 11) is 0. The summed E-state index contributed by atoms with van der Waals surface area (Å²) in [5.74, 6) is 0.864. The molecule has 1 amide bonds. The molecule has 1 saturated heterocycles. The Morgan fingerprint density at radius 3 is 2.89 bits per heavy atom. The largest absolute Gasteiger partial charge is 0.340 e. The number of benzene rings is 2. The van der Waals surface area contributed by atoms with E-state index in [1.54, 1.807) is 17.1 Å². The van der Waals surface area contributed by atoms with Crippen molar-refractivity contribution in [2.24, 2.45) is 0 Å². The van der Waals surface area contributed by atoms with E-state index in [4.69, 9.17) is 4.98 Å². The summed E-state index contributed by atoms with van der Waals surface area (Å²) < 4.78 is 1.74. The van der Waals surface area contributed by atoms with Crippen LogP contribution in [0.3, 0.4) is 0 Å². The molecule has 1 atom stereocenters. The lowest BCUT2D eigenvalue weighted by atomic mass is 10.2. The van der Waals surface area contributed by atoms with E-state index in [0.717, 1.165) is 41.9 Å². The number of amides is 1. The van der Waals surface area contributed by atoms with Gasteiger partial charge in [0.25, 0.3) is 5.91 Å². The Morgan fingerprint density at radius 2 is 2.04 bits per heavy atom. The van der Waals surface area contributed by atoms with Crippen LogP contribution in [0.2, 0.25) is 0 Å². The molecule has 28 heavy (non-hydrogen) atoms. The molecule has 0 unspecified atom stereocenters. The molecule has 1 N–H and O–H groups in total. The maximum atomic E-state index is 13.2. The first-order chi connectivity index (χ1) is 13.7. The fraction of sp³-hybridized carbons (Fsp3) is 0.227. The number of hydrogen-bond acceptors (Lipinski definition) is 3. The smallest absolute Gasteiger partial charge is 0.257 e. The van der Waals surface area contributed by atoms with Crippen molar-refractivity contribution < 1.29 is 4.79 Å². The highest BCUT2D eigenvalue weighted by Gasteiger charge is 2.33. The lowest BCUT2D eigenvalue weighted by molar-refractivity contribution is 0.0730. The van der Waals surface area contributed by atoms with Crippen molar-refractivity contribution in [1.82, 2.24) is 24.6 Å². The number of hydrogen-bond donors (Lipinski definition) is 1. The number of fused-ring (bicyclic) bond motifs is 1. The molecule has 1 aliphatic heterocycles. The third-order valence-electron chi connectivity index (χ3n) is 5.34.